The molecule has 44 heavy (non-hydrogen) atoms. The van der Waals surface area contributed by atoms with Gasteiger partial charge in [0.2, 0.25) is 5.91 Å². The van der Waals surface area contributed by atoms with Crippen molar-refractivity contribution in [1.82, 2.24) is 25.2 Å². The van der Waals surface area contributed by atoms with Crippen LogP contribution in [0.2, 0.25) is 5.02 Å². The summed E-state index contributed by atoms with van der Waals surface area (Å²) in [6.07, 6.45) is 10.6. The van der Waals surface area contributed by atoms with E-state index in [0.717, 1.165) is 42.1 Å². The van der Waals surface area contributed by atoms with E-state index in [4.69, 9.17) is 11.6 Å². The maximum Gasteiger partial charge on any atom is 0.272 e. The fraction of sp³-hybridized carbons (Fsp3) is 0.467. The highest BCUT2D eigenvalue weighted by Crippen LogP contribution is 2.35. The zero-order chi connectivity index (χ0) is 31.9. The van der Waals surface area contributed by atoms with Crippen LogP contribution in [-0.2, 0) is 15.5 Å². The number of carbonyl (C=O) groups is 3. The Hall–Kier alpha value is -3.42. The molecule has 3 amide bonds. The molecule has 2 atom stereocenters. The molecule has 236 valence electrons. The summed E-state index contributed by atoms with van der Waals surface area (Å²) < 4.78 is 27.8. The number of anilines is 1. The Balaban J connectivity index is 1.39. The van der Waals surface area contributed by atoms with Crippen molar-refractivity contribution in [3.05, 3.63) is 68.6 Å². The van der Waals surface area contributed by atoms with Crippen molar-refractivity contribution in [1.29, 1.82) is 0 Å². The largest absolute Gasteiger partial charge is 0.387 e. The molecule has 0 radical (unpaired) electrons. The van der Waals surface area contributed by atoms with Gasteiger partial charge >= 0.3 is 0 Å². The van der Waals surface area contributed by atoms with E-state index in [1.165, 1.54) is 18.1 Å². The first kappa shape index (κ1) is 33.5. The standard InChI is InChI=1S/C30H35ClF2N6O4S/c1-18(24-8-3-4-9-25(44-24)29(43)38-26-13-20(30(2,32)33)21(31)15-34-26)37-28(42)23-14-22(35-17-36-23)19-7-5-6-11-39(12-10-19)27(41)16-40/h8-9,13-15,17-19,40H,3-7,10-12,16H2,1-2H3,(H,37,42)(H,34,38,43). The van der Waals surface area contributed by atoms with Crippen LogP contribution in [-0.4, -0.2) is 68.4 Å². The molecule has 2 aromatic rings. The summed E-state index contributed by atoms with van der Waals surface area (Å²) in [5, 5.41) is 14.6. The molecule has 0 aliphatic carbocycles. The van der Waals surface area contributed by atoms with Crippen LogP contribution in [0, 0.1) is 0 Å². The molecule has 4 heterocycles. The minimum Gasteiger partial charge on any atom is -0.387 e. The number of rotatable bonds is 8. The van der Waals surface area contributed by atoms with Crippen LogP contribution in [0.4, 0.5) is 14.6 Å². The molecule has 2 aliphatic heterocycles. The smallest absolute Gasteiger partial charge is 0.272 e. The second-order valence-corrected chi connectivity index (χ2v) is 12.3. The molecule has 0 bridgehead atoms. The van der Waals surface area contributed by atoms with Gasteiger partial charge in [0.25, 0.3) is 17.7 Å². The average molecular weight is 649 g/mol. The van der Waals surface area contributed by atoms with Gasteiger partial charge in [0, 0.05) is 48.3 Å². The first-order valence-corrected chi connectivity index (χ1v) is 15.6. The molecule has 2 unspecified atom stereocenters. The molecular weight excluding hydrogens is 614 g/mol. The van der Waals surface area contributed by atoms with E-state index in [2.05, 4.69) is 25.6 Å². The number of halogens is 3. The Labute approximate surface area is 263 Å². The lowest BCUT2D eigenvalue weighted by Crippen LogP contribution is -2.36. The van der Waals surface area contributed by atoms with Gasteiger partial charge in [0.05, 0.1) is 16.0 Å². The number of aromatic nitrogens is 3. The van der Waals surface area contributed by atoms with Crippen LogP contribution in [0.15, 0.2) is 46.6 Å². The number of alkyl halides is 2. The number of allylic oxidation sites excluding steroid dienone is 2. The highest BCUT2D eigenvalue weighted by atomic mass is 35.5. The highest BCUT2D eigenvalue weighted by molar-refractivity contribution is 8.07. The number of aliphatic hydroxyl groups is 1. The van der Waals surface area contributed by atoms with Gasteiger partial charge in [-0.1, -0.05) is 41.9 Å². The molecule has 14 heteroatoms. The first-order valence-electron chi connectivity index (χ1n) is 14.4. The predicted molar refractivity (Wildman–Crippen MR) is 164 cm³/mol. The van der Waals surface area contributed by atoms with Gasteiger partial charge in [0.1, 0.15) is 24.4 Å². The lowest BCUT2D eigenvalue weighted by Gasteiger charge is -2.28. The second kappa shape index (κ2) is 15.0. The van der Waals surface area contributed by atoms with E-state index in [1.54, 1.807) is 24.0 Å². The summed E-state index contributed by atoms with van der Waals surface area (Å²) in [6.45, 7) is 3.12. The van der Waals surface area contributed by atoms with Gasteiger partial charge in [-0.05, 0) is 51.2 Å². The third-order valence-corrected chi connectivity index (χ3v) is 9.07. The Kier molecular flexibility index (Phi) is 11.4. The van der Waals surface area contributed by atoms with Gasteiger partial charge < -0.3 is 20.6 Å². The lowest BCUT2D eigenvalue weighted by atomic mass is 9.92. The number of aliphatic hydroxyl groups excluding tert-OH is 1. The summed E-state index contributed by atoms with van der Waals surface area (Å²) >= 11 is 7.05. The summed E-state index contributed by atoms with van der Waals surface area (Å²) in [5.74, 6) is -4.42. The van der Waals surface area contributed by atoms with E-state index in [1.807, 2.05) is 6.08 Å². The van der Waals surface area contributed by atoms with Crippen LogP contribution >= 0.6 is 23.4 Å². The molecule has 0 saturated carbocycles. The predicted octanol–water partition coefficient (Wildman–Crippen LogP) is 5.17. The maximum absolute atomic E-state index is 13.9. The number of hydrogen-bond donors (Lipinski definition) is 3. The summed E-state index contributed by atoms with van der Waals surface area (Å²) in [5.41, 5.74) is 0.489. The Morgan fingerprint density at radius 3 is 2.64 bits per heavy atom. The van der Waals surface area contributed by atoms with E-state index >= 15 is 0 Å². The number of likely N-dealkylation sites (tertiary alicyclic amines) is 1. The van der Waals surface area contributed by atoms with Crippen LogP contribution in [0.5, 0.6) is 0 Å². The molecule has 10 nitrogen and oxygen atoms in total. The summed E-state index contributed by atoms with van der Waals surface area (Å²) in [6, 6.07) is 2.27. The number of thioether (sulfide) groups is 1. The minimum atomic E-state index is -3.21. The van der Waals surface area contributed by atoms with E-state index in [0.29, 0.717) is 44.2 Å². The quantitative estimate of drug-likeness (QED) is 0.357. The third-order valence-electron chi connectivity index (χ3n) is 7.44. The van der Waals surface area contributed by atoms with Gasteiger partial charge in [-0.2, -0.15) is 0 Å². The normalized spacial score (nSPS) is 18.6. The SMILES string of the molecule is CC(NC(=O)c1cc(C2CCCCN(C(=O)CO)CC2)ncn1)C1=CCCC=C(C(=O)Nc2cc(C(C)(F)F)c(Cl)cn2)S1. The zero-order valence-electron chi connectivity index (χ0n) is 24.5. The fourth-order valence-corrected chi connectivity index (χ4v) is 6.35. The second-order valence-electron chi connectivity index (χ2n) is 10.8. The maximum atomic E-state index is 13.9. The molecule has 0 aromatic carbocycles. The average Bonchev–Trinajstić information content (AvgIpc) is 3.24. The Morgan fingerprint density at radius 1 is 1.11 bits per heavy atom. The van der Waals surface area contributed by atoms with Crippen LogP contribution in [0.3, 0.4) is 0 Å². The van der Waals surface area contributed by atoms with Crippen molar-refractivity contribution >= 4 is 46.9 Å². The van der Waals surface area contributed by atoms with Gasteiger partial charge in [-0.25, -0.2) is 23.7 Å². The lowest BCUT2D eigenvalue weighted by molar-refractivity contribution is -0.134. The minimum absolute atomic E-state index is 0.0392. The molecule has 2 aromatic heterocycles. The first-order chi connectivity index (χ1) is 21.0. The third kappa shape index (κ3) is 8.82. The molecule has 4 rings (SSSR count). The number of nitrogens with zero attached hydrogens (tertiary/aromatic N) is 4. The summed E-state index contributed by atoms with van der Waals surface area (Å²) in [4.78, 5) is 53.6. The van der Waals surface area contributed by atoms with Crippen molar-refractivity contribution in [3.63, 3.8) is 0 Å². The van der Waals surface area contributed by atoms with Gasteiger partial charge in [0.15, 0.2) is 0 Å². The van der Waals surface area contributed by atoms with Crippen molar-refractivity contribution in [2.24, 2.45) is 0 Å². The van der Waals surface area contributed by atoms with Gasteiger partial charge in [-0.15, -0.1) is 0 Å². The molecular formula is C30H35ClF2N6O4S. The number of carbonyl (C=O) groups excluding carboxylic acids is 3. The topological polar surface area (TPSA) is 137 Å². The Morgan fingerprint density at radius 2 is 1.89 bits per heavy atom. The van der Waals surface area contributed by atoms with Crippen LogP contribution in [0.1, 0.15) is 80.0 Å². The number of nitrogens with one attached hydrogen (secondary N) is 2. The number of amides is 3. The Bertz CT molecular complexity index is 1450. The van der Waals surface area contributed by atoms with Crippen molar-refractivity contribution in [3.8, 4) is 0 Å². The molecule has 3 N–H and O–H groups in total. The zero-order valence-corrected chi connectivity index (χ0v) is 26.1. The molecule has 1 saturated heterocycles. The van der Waals surface area contributed by atoms with Gasteiger partial charge in [-0.3, -0.25) is 14.4 Å². The molecule has 1 fully saturated rings. The monoisotopic (exact) mass is 648 g/mol. The fourth-order valence-electron chi connectivity index (χ4n) is 5.04. The number of hydrogen-bond acceptors (Lipinski definition) is 8. The van der Waals surface area contributed by atoms with E-state index < -0.39 is 35.9 Å². The van der Waals surface area contributed by atoms with Crippen molar-refractivity contribution in [2.75, 3.05) is 25.0 Å². The summed E-state index contributed by atoms with van der Waals surface area (Å²) in [7, 11) is 0. The molecule has 2 aliphatic rings. The van der Waals surface area contributed by atoms with E-state index in [9.17, 15) is 28.3 Å². The van der Waals surface area contributed by atoms with Crippen LogP contribution in [0.25, 0.3) is 0 Å². The van der Waals surface area contributed by atoms with Crippen molar-refractivity contribution in [2.45, 2.75) is 70.3 Å². The van der Waals surface area contributed by atoms with Crippen molar-refractivity contribution < 1.29 is 28.3 Å². The molecule has 0 spiro atoms. The number of pyridine rings is 1. The highest BCUT2D eigenvalue weighted by Gasteiger charge is 2.29. The van der Waals surface area contributed by atoms with Crippen LogP contribution < -0.4 is 10.6 Å². The van der Waals surface area contributed by atoms with E-state index in [-0.39, 0.29) is 28.4 Å².